The number of rotatable bonds is 5. The number of carbonyl (C=O) groups is 1. The van der Waals surface area contributed by atoms with E-state index >= 15 is 0 Å². The van der Waals surface area contributed by atoms with E-state index in [4.69, 9.17) is 0 Å². The standard InChI is InChI=1S/C9H14O.2BrH/c1-4-6-9(7-5-2)8(3)10;;/h4-5,9H,1-2,6-7H2,3H3;2*1H. The lowest BCUT2D eigenvalue weighted by Gasteiger charge is -2.06. The predicted molar refractivity (Wildman–Crippen MR) is 64.4 cm³/mol. The Morgan fingerprint density at radius 3 is 1.75 bits per heavy atom. The number of hydrogen-bond donors (Lipinski definition) is 0. The second-order valence-corrected chi connectivity index (χ2v) is 2.36. The van der Waals surface area contributed by atoms with Crippen LogP contribution in [0.25, 0.3) is 0 Å². The molecule has 12 heavy (non-hydrogen) atoms. The van der Waals surface area contributed by atoms with E-state index in [1.807, 2.05) is 0 Å². The van der Waals surface area contributed by atoms with E-state index in [2.05, 4.69) is 13.2 Å². The minimum Gasteiger partial charge on any atom is -0.300 e. The molecule has 1 nitrogen and oxygen atoms in total. The van der Waals surface area contributed by atoms with Crippen LogP contribution in [0.4, 0.5) is 0 Å². The first-order chi connectivity index (χ1) is 4.72. The van der Waals surface area contributed by atoms with Gasteiger partial charge in [-0.1, -0.05) is 12.2 Å². The highest BCUT2D eigenvalue weighted by Gasteiger charge is 2.08. The van der Waals surface area contributed by atoms with Crippen LogP contribution in [-0.2, 0) is 4.79 Å². The van der Waals surface area contributed by atoms with Gasteiger partial charge in [0, 0.05) is 5.92 Å². The highest BCUT2D eigenvalue weighted by molar-refractivity contribution is 8.93. The zero-order valence-electron chi connectivity index (χ0n) is 7.29. The Morgan fingerprint density at radius 2 is 1.58 bits per heavy atom. The van der Waals surface area contributed by atoms with Gasteiger partial charge in [-0.05, 0) is 19.8 Å². The monoisotopic (exact) mass is 298 g/mol. The molecule has 0 spiro atoms. The average Bonchev–Trinajstić information content (AvgIpc) is 1.87. The van der Waals surface area contributed by atoms with Crippen LogP contribution in [-0.4, -0.2) is 5.78 Å². The Balaban J connectivity index is -0.000000405. The molecule has 0 radical (unpaired) electrons. The summed E-state index contributed by atoms with van der Waals surface area (Å²) in [5.74, 6) is 0.329. The molecule has 0 atom stereocenters. The third kappa shape index (κ3) is 8.21. The lowest BCUT2D eigenvalue weighted by atomic mass is 9.98. The van der Waals surface area contributed by atoms with E-state index in [0.29, 0.717) is 0 Å². The molecule has 0 fully saturated rings. The van der Waals surface area contributed by atoms with Crippen molar-refractivity contribution < 1.29 is 4.79 Å². The molecule has 0 aromatic heterocycles. The number of halogens is 2. The summed E-state index contributed by atoms with van der Waals surface area (Å²) < 4.78 is 0. The fourth-order valence-corrected chi connectivity index (χ4v) is 0.831. The average molecular weight is 300 g/mol. The Hall–Kier alpha value is 0.110. The first-order valence-corrected chi connectivity index (χ1v) is 3.44. The molecule has 0 aromatic rings. The molecule has 0 aromatic carbocycles. The van der Waals surface area contributed by atoms with Crippen molar-refractivity contribution in [2.24, 2.45) is 5.92 Å². The van der Waals surface area contributed by atoms with Crippen molar-refractivity contribution in [3.63, 3.8) is 0 Å². The Bertz CT molecular complexity index is 133. The highest BCUT2D eigenvalue weighted by Crippen LogP contribution is 2.10. The summed E-state index contributed by atoms with van der Waals surface area (Å²) in [6, 6.07) is 0. The number of carbonyl (C=O) groups excluding carboxylic acids is 1. The molecular weight excluding hydrogens is 284 g/mol. The summed E-state index contributed by atoms with van der Waals surface area (Å²) in [6.07, 6.45) is 5.08. The largest absolute Gasteiger partial charge is 0.300 e. The molecule has 0 heterocycles. The number of hydrogen-bond acceptors (Lipinski definition) is 1. The van der Waals surface area contributed by atoms with Crippen molar-refractivity contribution >= 4 is 39.7 Å². The van der Waals surface area contributed by atoms with Crippen LogP contribution in [0.1, 0.15) is 19.8 Å². The molecule has 0 saturated carbocycles. The minimum absolute atomic E-state index is 0. The maximum absolute atomic E-state index is 10.8. The van der Waals surface area contributed by atoms with Crippen LogP contribution in [0.3, 0.4) is 0 Å². The van der Waals surface area contributed by atoms with Crippen molar-refractivity contribution in [2.45, 2.75) is 19.8 Å². The van der Waals surface area contributed by atoms with Gasteiger partial charge in [0.1, 0.15) is 5.78 Å². The van der Waals surface area contributed by atoms with Crippen LogP contribution < -0.4 is 0 Å². The van der Waals surface area contributed by atoms with Crippen molar-refractivity contribution in [3.05, 3.63) is 25.3 Å². The van der Waals surface area contributed by atoms with E-state index in [9.17, 15) is 4.79 Å². The highest BCUT2D eigenvalue weighted by atomic mass is 79.9. The van der Waals surface area contributed by atoms with Crippen LogP contribution in [0.15, 0.2) is 25.3 Å². The number of allylic oxidation sites excluding steroid dienone is 2. The number of ketones is 1. The molecule has 0 aliphatic heterocycles. The fourth-order valence-electron chi connectivity index (χ4n) is 0.831. The molecule has 0 aliphatic carbocycles. The third-order valence-electron chi connectivity index (χ3n) is 1.48. The Morgan fingerprint density at radius 1 is 1.25 bits per heavy atom. The van der Waals surface area contributed by atoms with E-state index in [0.717, 1.165) is 12.8 Å². The SMILES string of the molecule is Br.Br.C=CCC(CC=C)C(C)=O. The second kappa shape index (κ2) is 11.1. The van der Waals surface area contributed by atoms with Gasteiger partial charge in [0.25, 0.3) is 0 Å². The van der Waals surface area contributed by atoms with Gasteiger partial charge in [0.2, 0.25) is 0 Å². The van der Waals surface area contributed by atoms with E-state index in [1.54, 1.807) is 19.1 Å². The summed E-state index contributed by atoms with van der Waals surface area (Å²) >= 11 is 0. The maximum atomic E-state index is 10.8. The molecule has 0 rings (SSSR count). The zero-order chi connectivity index (χ0) is 7.98. The van der Waals surface area contributed by atoms with Gasteiger partial charge in [0.05, 0.1) is 0 Å². The topological polar surface area (TPSA) is 17.1 Å². The van der Waals surface area contributed by atoms with Crippen molar-refractivity contribution in [2.75, 3.05) is 0 Å². The summed E-state index contributed by atoms with van der Waals surface area (Å²) in [4.78, 5) is 10.8. The van der Waals surface area contributed by atoms with Gasteiger partial charge >= 0.3 is 0 Å². The predicted octanol–water partition coefficient (Wildman–Crippen LogP) is 3.50. The molecule has 0 amide bonds. The molecule has 0 bridgehead atoms. The van der Waals surface area contributed by atoms with Crippen molar-refractivity contribution in [3.8, 4) is 0 Å². The van der Waals surface area contributed by atoms with Gasteiger partial charge in [0.15, 0.2) is 0 Å². The summed E-state index contributed by atoms with van der Waals surface area (Å²) in [5, 5.41) is 0. The molecule has 0 saturated heterocycles. The molecular formula is C9H16Br2O. The molecule has 72 valence electrons. The van der Waals surface area contributed by atoms with Crippen molar-refractivity contribution in [1.82, 2.24) is 0 Å². The molecule has 0 aliphatic rings. The van der Waals surface area contributed by atoms with Gasteiger partial charge in [-0.2, -0.15) is 0 Å². The van der Waals surface area contributed by atoms with Gasteiger partial charge in [-0.3, -0.25) is 4.79 Å². The van der Waals surface area contributed by atoms with E-state index in [-0.39, 0.29) is 45.7 Å². The maximum Gasteiger partial charge on any atom is 0.133 e. The molecule has 0 N–H and O–H groups in total. The molecule has 3 heteroatoms. The summed E-state index contributed by atoms with van der Waals surface area (Å²) in [5.41, 5.74) is 0. The van der Waals surface area contributed by atoms with Gasteiger partial charge < -0.3 is 0 Å². The lowest BCUT2D eigenvalue weighted by Crippen LogP contribution is -2.08. The fraction of sp³-hybridized carbons (Fsp3) is 0.444. The molecule has 0 unspecified atom stereocenters. The normalized spacial score (nSPS) is 7.83. The lowest BCUT2D eigenvalue weighted by molar-refractivity contribution is -0.120. The first kappa shape index (κ1) is 18.0. The van der Waals surface area contributed by atoms with E-state index < -0.39 is 0 Å². The zero-order valence-corrected chi connectivity index (χ0v) is 10.7. The smallest absolute Gasteiger partial charge is 0.133 e. The van der Waals surface area contributed by atoms with Gasteiger partial charge in [-0.25, -0.2) is 0 Å². The third-order valence-corrected chi connectivity index (χ3v) is 1.48. The van der Waals surface area contributed by atoms with Crippen molar-refractivity contribution in [1.29, 1.82) is 0 Å². The second-order valence-electron chi connectivity index (χ2n) is 2.36. The first-order valence-electron chi connectivity index (χ1n) is 3.44. The van der Waals surface area contributed by atoms with Crippen LogP contribution >= 0.6 is 34.0 Å². The Kier molecular flexibility index (Phi) is 16.7. The van der Waals surface area contributed by atoms with Crippen LogP contribution in [0.5, 0.6) is 0 Å². The van der Waals surface area contributed by atoms with Crippen LogP contribution in [0, 0.1) is 5.92 Å². The Labute approximate surface area is 95.5 Å². The number of Topliss-reactive ketones (excluding diaryl/α,β-unsaturated/α-hetero) is 1. The summed E-state index contributed by atoms with van der Waals surface area (Å²) in [7, 11) is 0. The minimum atomic E-state index is 0. The van der Waals surface area contributed by atoms with Gasteiger partial charge in [-0.15, -0.1) is 47.1 Å². The quantitative estimate of drug-likeness (QED) is 0.710. The van der Waals surface area contributed by atoms with E-state index in [1.165, 1.54) is 0 Å². The van der Waals surface area contributed by atoms with Crippen LogP contribution in [0.2, 0.25) is 0 Å². The summed E-state index contributed by atoms with van der Waals surface area (Å²) in [6.45, 7) is 8.77.